The van der Waals surface area contributed by atoms with Crippen LogP contribution in [0.25, 0.3) is 0 Å². The number of imidazole rings is 1. The van der Waals surface area contributed by atoms with Crippen LogP contribution in [-0.4, -0.2) is 27.8 Å². The van der Waals surface area contributed by atoms with Crippen LogP contribution in [0.1, 0.15) is 0 Å². The molecule has 0 aliphatic rings. The lowest BCUT2D eigenvalue weighted by molar-refractivity contribution is 0.469. The van der Waals surface area contributed by atoms with E-state index in [0.717, 1.165) is 0 Å². The topological polar surface area (TPSA) is 101 Å². The molecule has 1 N–H and O–H groups in total. The smallest absolute Gasteiger partial charge is 0.283 e. The van der Waals surface area contributed by atoms with E-state index >= 15 is 0 Å². The fourth-order valence-corrected chi connectivity index (χ4v) is 2.56. The second-order valence-corrected chi connectivity index (χ2v) is 6.09. The van der Waals surface area contributed by atoms with Crippen LogP contribution in [0.5, 0.6) is 0 Å². The molecule has 0 saturated carbocycles. The van der Waals surface area contributed by atoms with Gasteiger partial charge in [-0.1, -0.05) is 23.3 Å². The summed E-state index contributed by atoms with van der Waals surface area (Å²) in [6, 6.07) is 9.02. The Hall–Kier alpha value is -1.91. The van der Waals surface area contributed by atoms with Gasteiger partial charge in [0.1, 0.15) is 0 Å². The molecule has 2 aromatic rings. The first-order valence-electron chi connectivity index (χ1n) is 5.77. The summed E-state index contributed by atoms with van der Waals surface area (Å²) in [5, 5.41) is 11.5. The molecule has 0 fully saturated rings. The van der Waals surface area contributed by atoms with Gasteiger partial charge < -0.3 is 0 Å². The predicted molar refractivity (Wildman–Crippen MR) is 79.4 cm³/mol. The number of nitrogens with zero attached hydrogens (tertiary/aromatic N) is 5. The molecule has 1 aromatic carbocycles. The zero-order chi connectivity index (χ0) is 15.3. The SMILES string of the molecule is CSn1ccn(CS(=O)(=O)O)/c1=N\N=N\c1ccccc1. The third kappa shape index (κ3) is 4.55. The summed E-state index contributed by atoms with van der Waals surface area (Å²) < 4.78 is 33.7. The lowest BCUT2D eigenvalue weighted by Crippen LogP contribution is -2.25. The molecular formula is C11H13N5O3S2. The highest BCUT2D eigenvalue weighted by atomic mass is 32.2. The molecule has 1 aromatic heterocycles. The van der Waals surface area contributed by atoms with Crippen LogP contribution in [0.2, 0.25) is 0 Å². The Bertz CT molecular complexity index is 793. The Morgan fingerprint density at radius 1 is 1.24 bits per heavy atom. The zero-order valence-corrected chi connectivity index (χ0v) is 12.7. The largest absolute Gasteiger partial charge is 0.298 e. The monoisotopic (exact) mass is 327 g/mol. The molecule has 0 atom stereocenters. The molecule has 0 amide bonds. The lowest BCUT2D eigenvalue weighted by Gasteiger charge is -1.99. The fourth-order valence-electron chi connectivity index (χ4n) is 1.53. The van der Waals surface area contributed by atoms with Crippen molar-refractivity contribution in [3.8, 4) is 0 Å². The Labute approximate surface area is 125 Å². The summed E-state index contributed by atoms with van der Waals surface area (Å²) in [5.41, 5.74) is 0.879. The average molecular weight is 327 g/mol. The first-order chi connectivity index (χ1) is 9.99. The Kier molecular flexibility index (Phi) is 4.94. The highest BCUT2D eigenvalue weighted by Crippen LogP contribution is 2.09. The van der Waals surface area contributed by atoms with E-state index in [1.54, 1.807) is 28.6 Å². The van der Waals surface area contributed by atoms with Gasteiger partial charge in [-0.25, -0.2) is 0 Å². The summed E-state index contributed by atoms with van der Waals surface area (Å²) in [6.07, 6.45) is 4.90. The van der Waals surface area contributed by atoms with Crippen LogP contribution in [0.15, 0.2) is 58.2 Å². The van der Waals surface area contributed by atoms with Crippen molar-refractivity contribution >= 4 is 27.8 Å². The van der Waals surface area contributed by atoms with Gasteiger partial charge in [0, 0.05) is 18.6 Å². The molecule has 0 aliphatic heterocycles. The van der Waals surface area contributed by atoms with Crippen LogP contribution < -0.4 is 5.62 Å². The minimum atomic E-state index is -4.16. The summed E-state index contributed by atoms with van der Waals surface area (Å²) in [4.78, 5) is 0. The molecular weight excluding hydrogens is 314 g/mol. The van der Waals surface area contributed by atoms with Crippen molar-refractivity contribution in [3.63, 3.8) is 0 Å². The van der Waals surface area contributed by atoms with Gasteiger partial charge in [0.15, 0.2) is 5.88 Å². The molecule has 10 heteroatoms. The minimum Gasteiger partial charge on any atom is -0.298 e. The number of hydrogen-bond acceptors (Lipinski definition) is 5. The van der Waals surface area contributed by atoms with Crippen LogP contribution in [-0.2, 0) is 16.0 Å². The number of rotatable bonds is 5. The first-order valence-corrected chi connectivity index (χ1v) is 8.56. The molecule has 0 unspecified atom stereocenters. The molecule has 0 bridgehead atoms. The van der Waals surface area contributed by atoms with Gasteiger partial charge in [-0.2, -0.15) is 8.42 Å². The minimum absolute atomic E-state index is 0.250. The van der Waals surface area contributed by atoms with Crippen LogP contribution in [0, 0.1) is 0 Å². The molecule has 0 spiro atoms. The van der Waals surface area contributed by atoms with Gasteiger partial charge in [-0.3, -0.25) is 13.1 Å². The summed E-state index contributed by atoms with van der Waals surface area (Å²) in [6.45, 7) is 0. The summed E-state index contributed by atoms with van der Waals surface area (Å²) in [7, 11) is -4.16. The molecule has 2 rings (SSSR count). The summed E-state index contributed by atoms with van der Waals surface area (Å²) in [5.74, 6) is -0.597. The second-order valence-electron chi connectivity index (χ2n) is 3.91. The third-order valence-corrected chi connectivity index (χ3v) is 3.67. The standard InChI is InChI=1S/C11H13N5O3S2/c1-20-16-8-7-15(9-21(17,18)19)11(16)13-14-12-10-5-3-2-4-6-10/h2-8H,9H2,1H3,(H,17,18,19)/b13-11+,14-12+. The molecule has 8 nitrogen and oxygen atoms in total. The van der Waals surface area contributed by atoms with Gasteiger partial charge >= 0.3 is 0 Å². The quantitative estimate of drug-likeness (QED) is 0.514. The predicted octanol–water partition coefficient (Wildman–Crippen LogP) is 1.86. The fraction of sp³-hybridized carbons (Fsp3) is 0.182. The van der Waals surface area contributed by atoms with Crippen molar-refractivity contribution in [2.45, 2.75) is 5.88 Å². The Morgan fingerprint density at radius 3 is 2.57 bits per heavy atom. The van der Waals surface area contributed by atoms with Crippen molar-refractivity contribution in [2.75, 3.05) is 6.26 Å². The van der Waals surface area contributed by atoms with Crippen LogP contribution >= 0.6 is 11.9 Å². The Morgan fingerprint density at radius 2 is 1.95 bits per heavy atom. The van der Waals surface area contributed by atoms with Crippen molar-refractivity contribution in [3.05, 3.63) is 48.3 Å². The number of benzene rings is 1. The van der Waals surface area contributed by atoms with E-state index in [0.29, 0.717) is 5.69 Å². The summed E-state index contributed by atoms with van der Waals surface area (Å²) >= 11 is 1.31. The van der Waals surface area contributed by atoms with E-state index in [2.05, 4.69) is 15.4 Å². The first kappa shape index (κ1) is 15.5. The van der Waals surface area contributed by atoms with Gasteiger partial charge in [0.05, 0.1) is 5.69 Å². The van der Waals surface area contributed by atoms with Gasteiger partial charge in [-0.05, 0) is 29.3 Å². The molecule has 21 heavy (non-hydrogen) atoms. The maximum atomic E-state index is 11.0. The Balaban J connectivity index is 2.35. The molecule has 112 valence electrons. The van der Waals surface area contributed by atoms with E-state index in [1.807, 2.05) is 18.2 Å². The van der Waals surface area contributed by atoms with E-state index in [1.165, 1.54) is 22.7 Å². The van der Waals surface area contributed by atoms with Crippen molar-refractivity contribution in [1.29, 1.82) is 0 Å². The van der Waals surface area contributed by atoms with E-state index in [4.69, 9.17) is 4.55 Å². The molecule has 0 saturated heterocycles. The highest BCUT2D eigenvalue weighted by molar-refractivity contribution is 7.97. The number of aromatic nitrogens is 2. The number of hydrogen-bond donors (Lipinski definition) is 1. The lowest BCUT2D eigenvalue weighted by atomic mass is 10.3. The maximum Gasteiger partial charge on any atom is 0.283 e. The zero-order valence-electron chi connectivity index (χ0n) is 11.1. The normalized spacial score (nSPS) is 13.1. The van der Waals surface area contributed by atoms with Gasteiger partial charge in [0.2, 0.25) is 5.62 Å². The maximum absolute atomic E-state index is 11.0. The van der Waals surface area contributed by atoms with E-state index in [9.17, 15) is 8.42 Å². The third-order valence-electron chi connectivity index (χ3n) is 2.39. The van der Waals surface area contributed by atoms with Crippen molar-refractivity contribution in [2.24, 2.45) is 15.4 Å². The molecule has 1 heterocycles. The average Bonchev–Trinajstić information content (AvgIpc) is 2.80. The highest BCUT2D eigenvalue weighted by Gasteiger charge is 2.09. The van der Waals surface area contributed by atoms with Crippen molar-refractivity contribution < 1.29 is 13.0 Å². The second kappa shape index (κ2) is 6.70. The molecule has 0 radical (unpaired) electrons. The van der Waals surface area contributed by atoms with Gasteiger partial charge in [0.25, 0.3) is 10.1 Å². The molecule has 0 aliphatic carbocycles. The van der Waals surface area contributed by atoms with Crippen molar-refractivity contribution in [1.82, 2.24) is 8.54 Å². The van der Waals surface area contributed by atoms with Crippen LogP contribution in [0.3, 0.4) is 0 Å². The van der Waals surface area contributed by atoms with E-state index < -0.39 is 16.0 Å². The van der Waals surface area contributed by atoms with E-state index in [-0.39, 0.29) is 5.62 Å². The van der Waals surface area contributed by atoms with Crippen LogP contribution in [0.4, 0.5) is 5.69 Å². The van der Waals surface area contributed by atoms with Gasteiger partial charge in [-0.15, -0.1) is 5.11 Å².